The van der Waals surface area contributed by atoms with Crippen LogP contribution in [0.4, 0.5) is 0 Å². The molecule has 0 aliphatic rings. The first-order valence-electron chi connectivity index (χ1n) is 9.12. The highest BCUT2D eigenvalue weighted by Gasteiger charge is 2.02. The number of unbranched alkanes of at least 4 members (excludes halogenated alkanes) is 8. The van der Waals surface area contributed by atoms with Gasteiger partial charge in [-0.15, -0.1) is 0 Å². The molecule has 0 radical (unpaired) electrons. The Balaban J connectivity index is 3.21. The zero-order chi connectivity index (χ0) is 16.5. The first-order valence-corrected chi connectivity index (χ1v) is 9.12. The highest BCUT2D eigenvalue weighted by molar-refractivity contribution is 5.69. The Morgan fingerprint density at radius 3 is 2.14 bits per heavy atom. The summed E-state index contributed by atoms with van der Waals surface area (Å²) in [5.41, 5.74) is 0. The normalized spacial score (nSPS) is 11.5. The number of nitrogens with zero attached hydrogens (tertiary/aromatic N) is 1. The van der Waals surface area contributed by atoms with Gasteiger partial charge in [-0.3, -0.25) is 4.79 Å². The minimum Gasteiger partial charge on any atom is -0.464 e. The van der Waals surface area contributed by atoms with Crippen LogP contribution in [0.1, 0.15) is 77.6 Å². The quantitative estimate of drug-likeness (QED) is 0.243. The first-order chi connectivity index (χ1) is 10.7. The van der Waals surface area contributed by atoms with Crippen LogP contribution < -0.4 is 0 Å². The minimum absolute atomic E-state index is 0.0446. The van der Waals surface area contributed by atoms with Crippen molar-refractivity contribution < 1.29 is 9.53 Å². The number of hydrogen-bond donors (Lipinski definition) is 0. The maximum Gasteiger partial charge on any atom is 0.305 e. The van der Waals surface area contributed by atoms with Crippen molar-refractivity contribution in [2.45, 2.75) is 77.6 Å². The molecular formula is C19H37NO2. The van der Waals surface area contributed by atoms with Crippen molar-refractivity contribution in [3.8, 4) is 0 Å². The number of esters is 1. The van der Waals surface area contributed by atoms with E-state index in [-0.39, 0.29) is 5.97 Å². The molecule has 3 heteroatoms. The number of carbonyl (C=O) groups is 1. The van der Waals surface area contributed by atoms with E-state index in [1.807, 2.05) is 19.0 Å². The van der Waals surface area contributed by atoms with E-state index in [4.69, 9.17) is 4.74 Å². The van der Waals surface area contributed by atoms with Gasteiger partial charge in [-0.1, -0.05) is 51.2 Å². The van der Waals surface area contributed by atoms with Gasteiger partial charge in [-0.2, -0.15) is 0 Å². The summed E-state index contributed by atoms with van der Waals surface area (Å²) in [6.45, 7) is 3.56. The van der Waals surface area contributed by atoms with Gasteiger partial charge in [0.2, 0.25) is 0 Å². The van der Waals surface area contributed by atoms with Gasteiger partial charge in [0.25, 0.3) is 0 Å². The average Bonchev–Trinajstić information content (AvgIpc) is 2.48. The highest BCUT2D eigenvalue weighted by Crippen LogP contribution is 2.09. The lowest BCUT2D eigenvalue weighted by atomic mass is 10.1. The molecule has 22 heavy (non-hydrogen) atoms. The van der Waals surface area contributed by atoms with E-state index in [2.05, 4.69) is 19.1 Å². The maximum absolute atomic E-state index is 11.5. The molecule has 0 bridgehead atoms. The van der Waals surface area contributed by atoms with Crippen molar-refractivity contribution in [1.29, 1.82) is 0 Å². The maximum atomic E-state index is 11.5. The van der Waals surface area contributed by atoms with Gasteiger partial charge in [0.05, 0.1) is 0 Å². The summed E-state index contributed by atoms with van der Waals surface area (Å²) in [6, 6.07) is 0. The van der Waals surface area contributed by atoms with E-state index < -0.39 is 0 Å². The lowest BCUT2D eigenvalue weighted by Gasteiger charge is -2.09. The van der Waals surface area contributed by atoms with Crippen LogP contribution in [0.5, 0.6) is 0 Å². The van der Waals surface area contributed by atoms with Gasteiger partial charge < -0.3 is 9.64 Å². The van der Waals surface area contributed by atoms with Crippen molar-refractivity contribution in [1.82, 2.24) is 4.90 Å². The summed E-state index contributed by atoms with van der Waals surface area (Å²) < 4.78 is 5.16. The van der Waals surface area contributed by atoms with Gasteiger partial charge in [0.1, 0.15) is 6.61 Å². The third kappa shape index (κ3) is 17.2. The molecule has 0 aromatic heterocycles. The molecule has 3 nitrogen and oxygen atoms in total. The topological polar surface area (TPSA) is 29.5 Å². The standard InChI is InChI=1S/C19H37NO2/c1-4-5-6-7-8-9-10-11-12-13-14-15-16-19(21)22-18-17-20(2)3/h8-9H,4-7,10-18H2,1-3H3/b9-8-. The second-order valence-corrected chi connectivity index (χ2v) is 6.30. The van der Waals surface area contributed by atoms with Crippen molar-refractivity contribution in [3.63, 3.8) is 0 Å². The lowest BCUT2D eigenvalue weighted by molar-refractivity contribution is -0.144. The second kappa shape index (κ2) is 16.5. The Kier molecular flexibility index (Phi) is 15.9. The number of ether oxygens (including phenoxy) is 1. The Labute approximate surface area is 138 Å². The number of likely N-dealkylation sites (N-methyl/N-ethyl adjacent to an activating group) is 1. The monoisotopic (exact) mass is 311 g/mol. The smallest absolute Gasteiger partial charge is 0.305 e. The van der Waals surface area contributed by atoms with E-state index in [1.165, 1.54) is 51.4 Å². The fourth-order valence-electron chi connectivity index (χ4n) is 2.22. The Bertz CT molecular complexity index is 275. The molecule has 0 saturated carbocycles. The fraction of sp³-hybridized carbons (Fsp3) is 0.842. The summed E-state index contributed by atoms with van der Waals surface area (Å²) in [6.07, 6.45) is 17.6. The Morgan fingerprint density at radius 2 is 1.50 bits per heavy atom. The summed E-state index contributed by atoms with van der Waals surface area (Å²) in [5.74, 6) is -0.0446. The van der Waals surface area contributed by atoms with E-state index in [9.17, 15) is 4.79 Å². The van der Waals surface area contributed by atoms with Crippen LogP contribution in [-0.2, 0) is 9.53 Å². The molecule has 0 unspecified atom stereocenters. The molecule has 0 aliphatic carbocycles. The molecule has 0 spiro atoms. The van der Waals surface area contributed by atoms with Crippen molar-refractivity contribution >= 4 is 5.97 Å². The summed E-state index contributed by atoms with van der Waals surface area (Å²) in [4.78, 5) is 13.5. The molecule has 0 fully saturated rings. The van der Waals surface area contributed by atoms with Crippen LogP contribution in [0.3, 0.4) is 0 Å². The van der Waals surface area contributed by atoms with Gasteiger partial charge in [0, 0.05) is 13.0 Å². The SMILES string of the molecule is CCCCC/C=C\CCCCCCCC(=O)OCCN(C)C. The molecular weight excluding hydrogens is 274 g/mol. The molecule has 0 saturated heterocycles. The van der Waals surface area contributed by atoms with Crippen LogP contribution in [0.15, 0.2) is 12.2 Å². The molecule has 0 atom stereocenters. The van der Waals surface area contributed by atoms with E-state index in [0.29, 0.717) is 13.0 Å². The van der Waals surface area contributed by atoms with E-state index in [1.54, 1.807) is 0 Å². The van der Waals surface area contributed by atoms with Crippen molar-refractivity contribution in [3.05, 3.63) is 12.2 Å². The number of carbonyl (C=O) groups excluding carboxylic acids is 1. The van der Waals surface area contributed by atoms with Gasteiger partial charge in [-0.05, 0) is 46.2 Å². The summed E-state index contributed by atoms with van der Waals surface area (Å²) in [7, 11) is 3.96. The lowest BCUT2D eigenvalue weighted by Crippen LogP contribution is -2.20. The minimum atomic E-state index is -0.0446. The van der Waals surface area contributed by atoms with Gasteiger partial charge >= 0.3 is 5.97 Å². The van der Waals surface area contributed by atoms with Crippen molar-refractivity contribution in [2.24, 2.45) is 0 Å². The predicted molar refractivity (Wildman–Crippen MR) is 95.1 cm³/mol. The molecule has 0 heterocycles. The molecule has 0 aromatic carbocycles. The number of rotatable bonds is 15. The number of allylic oxidation sites excluding steroid dienone is 2. The molecule has 130 valence electrons. The van der Waals surface area contributed by atoms with Gasteiger partial charge in [0.15, 0.2) is 0 Å². The largest absolute Gasteiger partial charge is 0.464 e. The molecule has 0 amide bonds. The molecule has 0 rings (SSSR count). The molecule has 0 aromatic rings. The van der Waals surface area contributed by atoms with Crippen molar-refractivity contribution in [2.75, 3.05) is 27.2 Å². The van der Waals surface area contributed by atoms with Gasteiger partial charge in [-0.25, -0.2) is 0 Å². The van der Waals surface area contributed by atoms with Crippen LogP contribution in [0.2, 0.25) is 0 Å². The number of hydrogen-bond acceptors (Lipinski definition) is 3. The van der Waals surface area contributed by atoms with E-state index in [0.717, 1.165) is 19.4 Å². The first kappa shape index (κ1) is 21.2. The Hall–Kier alpha value is -0.830. The summed E-state index contributed by atoms with van der Waals surface area (Å²) >= 11 is 0. The highest BCUT2D eigenvalue weighted by atomic mass is 16.5. The van der Waals surface area contributed by atoms with Crippen LogP contribution in [0.25, 0.3) is 0 Å². The zero-order valence-electron chi connectivity index (χ0n) is 15.1. The molecule has 0 N–H and O–H groups in total. The zero-order valence-corrected chi connectivity index (χ0v) is 15.1. The second-order valence-electron chi connectivity index (χ2n) is 6.30. The predicted octanol–water partition coefficient (Wildman–Crippen LogP) is 4.96. The average molecular weight is 312 g/mol. The van der Waals surface area contributed by atoms with Crippen LogP contribution in [-0.4, -0.2) is 38.1 Å². The molecule has 0 aliphatic heterocycles. The Morgan fingerprint density at radius 1 is 0.909 bits per heavy atom. The fourth-order valence-corrected chi connectivity index (χ4v) is 2.22. The van der Waals surface area contributed by atoms with E-state index >= 15 is 0 Å². The third-order valence-electron chi connectivity index (χ3n) is 3.69. The van der Waals surface area contributed by atoms with Crippen LogP contribution >= 0.6 is 0 Å². The van der Waals surface area contributed by atoms with Crippen LogP contribution in [0, 0.1) is 0 Å². The summed E-state index contributed by atoms with van der Waals surface area (Å²) in [5, 5.41) is 0. The third-order valence-corrected chi connectivity index (χ3v) is 3.69.